The van der Waals surface area contributed by atoms with Crippen molar-refractivity contribution in [3.63, 3.8) is 0 Å². The Labute approximate surface area is 107 Å². The van der Waals surface area contributed by atoms with Gasteiger partial charge in [-0.2, -0.15) is 0 Å². The second kappa shape index (κ2) is 4.67. The summed E-state index contributed by atoms with van der Waals surface area (Å²) in [7, 11) is 0. The molecule has 94 valence electrons. The minimum Gasteiger partial charge on any atom is -0.376 e. The van der Waals surface area contributed by atoms with Gasteiger partial charge >= 0.3 is 0 Å². The highest BCUT2D eigenvalue weighted by Crippen LogP contribution is 2.32. The maximum absolute atomic E-state index is 6.40. The average molecular weight is 242 g/mol. The van der Waals surface area contributed by atoms with E-state index >= 15 is 0 Å². The molecule has 3 atom stereocenters. The van der Waals surface area contributed by atoms with Crippen molar-refractivity contribution in [2.45, 2.75) is 25.5 Å². The zero-order valence-corrected chi connectivity index (χ0v) is 10.5. The molecule has 18 heavy (non-hydrogen) atoms. The molecule has 3 unspecified atom stereocenters. The van der Waals surface area contributed by atoms with Crippen molar-refractivity contribution in [3.8, 4) is 0 Å². The monoisotopic (exact) mass is 242 g/mol. The molecular weight excluding hydrogens is 224 g/mol. The highest BCUT2D eigenvalue weighted by Gasteiger charge is 2.31. The van der Waals surface area contributed by atoms with E-state index in [1.807, 2.05) is 24.4 Å². The standard InChI is InChI=1S/C15H18N2O/c1-10-7-9-18-15(10)14(16)12-4-2-6-13-11(12)5-3-8-17-13/h2-6,8,10,14-15H,7,9,16H2,1H3. The summed E-state index contributed by atoms with van der Waals surface area (Å²) in [5.74, 6) is 0.520. The lowest BCUT2D eigenvalue weighted by Gasteiger charge is -2.23. The molecule has 2 N–H and O–H groups in total. The minimum atomic E-state index is -0.0737. The molecule has 0 saturated carbocycles. The first-order valence-electron chi connectivity index (χ1n) is 6.48. The van der Waals surface area contributed by atoms with Gasteiger partial charge in [0.2, 0.25) is 0 Å². The number of benzene rings is 1. The fraction of sp³-hybridized carbons (Fsp3) is 0.400. The fourth-order valence-electron chi connectivity index (χ4n) is 2.77. The van der Waals surface area contributed by atoms with Gasteiger partial charge in [-0.3, -0.25) is 4.98 Å². The molecule has 2 heterocycles. The molecule has 3 rings (SSSR count). The van der Waals surface area contributed by atoms with Crippen molar-refractivity contribution in [3.05, 3.63) is 42.1 Å². The normalized spacial score (nSPS) is 25.4. The van der Waals surface area contributed by atoms with Crippen LogP contribution in [0, 0.1) is 5.92 Å². The van der Waals surface area contributed by atoms with E-state index in [4.69, 9.17) is 10.5 Å². The first-order chi connectivity index (χ1) is 8.77. The SMILES string of the molecule is CC1CCOC1C(N)c1cccc2ncccc12. The highest BCUT2D eigenvalue weighted by molar-refractivity contribution is 5.82. The van der Waals surface area contributed by atoms with Gasteiger partial charge in [-0.05, 0) is 30.0 Å². The summed E-state index contributed by atoms with van der Waals surface area (Å²) in [5.41, 5.74) is 8.54. The first kappa shape index (κ1) is 11.6. The summed E-state index contributed by atoms with van der Waals surface area (Å²) < 4.78 is 5.78. The van der Waals surface area contributed by atoms with Gasteiger partial charge in [-0.25, -0.2) is 0 Å². The molecule has 1 fully saturated rings. The van der Waals surface area contributed by atoms with E-state index in [9.17, 15) is 0 Å². The lowest BCUT2D eigenvalue weighted by molar-refractivity contribution is 0.0728. The second-order valence-electron chi connectivity index (χ2n) is 5.04. The summed E-state index contributed by atoms with van der Waals surface area (Å²) >= 11 is 0. The van der Waals surface area contributed by atoms with E-state index < -0.39 is 0 Å². The third-order valence-electron chi connectivity index (χ3n) is 3.84. The summed E-state index contributed by atoms with van der Waals surface area (Å²) in [6.07, 6.45) is 3.03. The largest absolute Gasteiger partial charge is 0.376 e. The molecule has 0 amide bonds. The Bertz CT molecular complexity index is 550. The fourth-order valence-corrected chi connectivity index (χ4v) is 2.77. The van der Waals surface area contributed by atoms with E-state index in [0.717, 1.165) is 29.5 Å². The van der Waals surface area contributed by atoms with E-state index in [-0.39, 0.29) is 12.1 Å². The van der Waals surface area contributed by atoms with Crippen molar-refractivity contribution >= 4 is 10.9 Å². The number of nitrogens with two attached hydrogens (primary N) is 1. The van der Waals surface area contributed by atoms with Crippen molar-refractivity contribution in [1.29, 1.82) is 0 Å². The van der Waals surface area contributed by atoms with Crippen LogP contribution in [0.25, 0.3) is 10.9 Å². The maximum atomic E-state index is 6.40. The van der Waals surface area contributed by atoms with Gasteiger partial charge in [0.1, 0.15) is 0 Å². The molecule has 0 aliphatic carbocycles. The van der Waals surface area contributed by atoms with Gasteiger partial charge in [0, 0.05) is 18.2 Å². The number of aromatic nitrogens is 1. The topological polar surface area (TPSA) is 48.1 Å². The number of hydrogen-bond donors (Lipinski definition) is 1. The third kappa shape index (κ3) is 1.89. The Morgan fingerprint density at radius 1 is 1.33 bits per heavy atom. The number of rotatable bonds is 2. The van der Waals surface area contributed by atoms with Gasteiger partial charge in [0.25, 0.3) is 0 Å². The van der Waals surface area contributed by atoms with Gasteiger partial charge in [0.15, 0.2) is 0 Å². The van der Waals surface area contributed by atoms with Crippen LogP contribution in [0.4, 0.5) is 0 Å². The van der Waals surface area contributed by atoms with Crippen molar-refractivity contribution in [2.24, 2.45) is 11.7 Å². The molecule has 1 aliphatic rings. The van der Waals surface area contributed by atoms with Crippen LogP contribution in [0.1, 0.15) is 24.9 Å². The molecule has 1 aliphatic heterocycles. The molecule has 1 aromatic heterocycles. The zero-order valence-electron chi connectivity index (χ0n) is 10.5. The van der Waals surface area contributed by atoms with E-state index in [1.165, 1.54) is 0 Å². The molecule has 0 bridgehead atoms. The third-order valence-corrected chi connectivity index (χ3v) is 3.84. The van der Waals surface area contributed by atoms with Crippen LogP contribution in [0.3, 0.4) is 0 Å². The molecule has 3 nitrogen and oxygen atoms in total. The molecule has 1 saturated heterocycles. The van der Waals surface area contributed by atoms with Crippen molar-refractivity contribution < 1.29 is 4.74 Å². The van der Waals surface area contributed by atoms with Crippen LogP contribution < -0.4 is 5.73 Å². The van der Waals surface area contributed by atoms with Gasteiger partial charge in [-0.15, -0.1) is 0 Å². The molecule has 1 aromatic carbocycles. The lowest BCUT2D eigenvalue weighted by atomic mass is 9.91. The Hall–Kier alpha value is -1.45. The van der Waals surface area contributed by atoms with E-state index in [2.05, 4.69) is 24.0 Å². The van der Waals surface area contributed by atoms with Crippen LogP contribution in [-0.2, 0) is 4.74 Å². The summed E-state index contributed by atoms with van der Waals surface area (Å²) in [6, 6.07) is 10.1. The number of hydrogen-bond acceptors (Lipinski definition) is 3. The number of ether oxygens (including phenoxy) is 1. The van der Waals surface area contributed by atoms with Crippen LogP contribution in [-0.4, -0.2) is 17.7 Å². The van der Waals surface area contributed by atoms with Crippen LogP contribution in [0.5, 0.6) is 0 Å². The smallest absolute Gasteiger partial charge is 0.0794 e. The minimum absolute atomic E-state index is 0.0737. The van der Waals surface area contributed by atoms with Crippen LogP contribution in [0.15, 0.2) is 36.5 Å². The zero-order chi connectivity index (χ0) is 12.5. The number of nitrogens with zero attached hydrogens (tertiary/aromatic N) is 1. The number of pyridine rings is 1. The Morgan fingerprint density at radius 3 is 3.00 bits per heavy atom. The molecule has 3 heteroatoms. The van der Waals surface area contributed by atoms with E-state index in [1.54, 1.807) is 0 Å². The maximum Gasteiger partial charge on any atom is 0.0794 e. The molecule has 0 radical (unpaired) electrons. The van der Waals surface area contributed by atoms with Crippen LogP contribution in [0.2, 0.25) is 0 Å². The van der Waals surface area contributed by atoms with Gasteiger partial charge in [-0.1, -0.05) is 25.1 Å². The van der Waals surface area contributed by atoms with Crippen LogP contribution >= 0.6 is 0 Å². The highest BCUT2D eigenvalue weighted by atomic mass is 16.5. The predicted molar refractivity (Wildman–Crippen MR) is 72.2 cm³/mol. The quantitative estimate of drug-likeness (QED) is 0.880. The average Bonchev–Trinajstić information content (AvgIpc) is 2.83. The van der Waals surface area contributed by atoms with Gasteiger partial charge < -0.3 is 10.5 Å². The Balaban J connectivity index is 2.03. The molecule has 0 spiro atoms. The Morgan fingerprint density at radius 2 is 2.22 bits per heavy atom. The molecular formula is C15H18N2O. The lowest BCUT2D eigenvalue weighted by Crippen LogP contribution is -2.30. The Kier molecular flexibility index (Phi) is 3.02. The van der Waals surface area contributed by atoms with Crippen molar-refractivity contribution in [2.75, 3.05) is 6.61 Å². The second-order valence-corrected chi connectivity index (χ2v) is 5.04. The number of fused-ring (bicyclic) bond motifs is 1. The molecule has 2 aromatic rings. The summed E-state index contributed by atoms with van der Waals surface area (Å²) in [5, 5.41) is 1.13. The first-order valence-corrected chi connectivity index (χ1v) is 6.48. The predicted octanol–water partition coefficient (Wildman–Crippen LogP) is 2.66. The van der Waals surface area contributed by atoms with Crippen molar-refractivity contribution in [1.82, 2.24) is 4.98 Å². The van der Waals surface area contributed by atoms with E-state index in [0.29, 0.717) is 5.92 Å². The summed E-state index contributed by atoms with van der Waals surface area (Å²) in [6.45, 7) is 3.03. The summed E-state index contributed by atoms with van der Waals surface area (Å²) in [4.78, 5) is 4.37. The van der Waals surface area contributed by atoms with Gasteiger partial charge in [0.05, 0.1) is 17.7 Å².